The Bertz CT molecular complexity index is 463. The molecule has 0 spiro atoms. The van der Waals surface area contributed by atoms with Crippen LogP contribution in [0.3, 0.4) is 0 Å². The normalized spacial score (nSPS) is 28.2. The summed E-state index contributed by atoms with van der Waals surface area (Å²) in [6.45, 7) is 6.01. The molecule has 0 saturated carbocycles. The SMILES string of the molecule is CC1CN2CCCCC2CN1c1ccc(N)cc1I. The number of fused-ring (bicyclic) bond motifs is 1. The van der Waals surface area contributed by atoms with E-state index in [0.29, 0.717) is 6.04 Å². The molecular formula is C15H22IN3. The van der Waals surface area contributed by atoms with Crippen LogP contribution in [0.4, 0.5) is 11.4 Å². The summed E-state index contributed by atoms with van der Waals surface area (Å²) in [6, 6.07) is 7.63. The highest BCUT2D eigenvalue weighted by molar-refractivity contribution is 14.1. The van der Waals surface area contributed by atoms with Gasteiger partial charge in [0.2, 0.25) is 0 Å². The number of nitrogens with zero attached hydrogens (tertiary/aromatic N) is 2. The van der Waals surface area contributed by atoms with Crippen LogP contribution in [0.1, 0.15) is 26.2 Å². The molecule has 104 valence electrons. The minimum absolute atomic E-state index is 0.589. The van der Waals surface area contributed by atoms with E-state index in [4.69, 9.17) is 5.73 Å². The molecule has 0 aliphatic carbocycles. The lowest BCUT2D eigenvalue weighted by Crippen LogP contribution is -2.59. The number of rotatable bonds is 1. The van der Waals surface area contributed by atoms with Gasteiger partial charge in [-0.3, -0.25) is 4.90 Å². The Kier molecular flexibility index (Phi) is 3.89. The van der Waals surface area contributed by atoms with E-state index in [1.165, 1.54) is 48.2 Å². The van der Waals surface area contributed by atoms with Crippen LogP contribution >= 0.6 is 22.6 Å². The minimum Gasteiger partial charge on any atom is -0.399 e. The lowest BCUT2D eigenvalue weighted by atomic mass is 9.96. The van der Waals surface area contributed by atoms with Crippen LogP contribution in [0, 0.1) is 3.57 Å². The lowest BCUT2D eigenvalue weighted by molar-refractivity contribution is 0.115. The molecule has 3 rings (SSSR count). The molecule has 2 aliphatic rings. The predicted molar refractivity (Wildman–Crippen MR) is 89.6 cm³/mol. The number of anilines is 2. The maximum atomic E-state index is 5.87. The third-order valence-electron chi connectivity index (χ3n) is 4.47. The largest absolute Gasteiger partial charge is 0.399 e. The van der Waals surface area contributed by atoms with Gasteiger partial charge in [0, 0.05) is 34.4 Å². The Morgan fingerprint density at radius 1 is 1.26 bits per heavy atom. The number of nitrogens with two attached hydrogens (primary N) is 1. The molecule has 2 unspecified atom stereocenters. The van der Waals surface area contributed by atoms with Crippen molar-refractivity contribution >= 4 is 34.0 Å². The van der Waals surface area contributed by atoms with Gasteiger partial charge >= 0.3 is 0 Å². The standard InChI is InChI=1S/C15H22IN3/c1-11-9-18-7-3-2-4-13(18)10-19(11)15-6-5-12(17)8-14(15)16/h5-6,8,11,13H,2-4,7,9-10,17H2,1H3. The van der Waals surface area contributed by atoms with Crippen molar-refractivity contribution in [2.45, 2.75) is 38.3 Å². The topological polar surface area (TPSA) is 32.5 Å². The van der Waals surface area contributed by atoms with E-state index in [1.807, 2.05) is 6.07 Å². The Morgan fingerprint density at radius 3 is 2.89 bits per heavy atom. The molecule has 3 nitrogen and oxygen atoms in total. The van der Waals surface area contributed by atoms with Crippen molar-refractivity contribution < 1.29 is 0 Å². The molecule has 4 heteroatoms. The van der Waals surface area contributed by atoms with Gasteiger partial charge in [-0.15, -0.1) is 0 Å². The average Bonchev–Trinajstić information content (AvgIpc) is 2.38. The summed E-state index contributed by atoms with van der Waals surface area (Å²) < 4.78 is 1.27. The molecule has 0 amide bonds. The fraction of sp³-hybridized carbons (Fsp3) is 0.600. The van der Waals surface area contributed by atoms with Gasteiger partial charge < -0.3 is 10.6 Å². The molecular weight excluding hydrogens is 349 g/mol. The number of hydrogen-bond acceptors (Lipinski definition) is 3. The summed E-state index contributed by atoms with van der Waals surface area (Å²) in [5.74, 6) is 0. The molecule has 2 saturated heterocycles. The van der Waals surface area contributed by atoms with E-state index < -0.39 is 0 Å². The zero-order chi connectivity index (χ0) is 13.4. The second-order valence-electron chi connectivity index (χ2n) is 5.86. The number of piperidine rings is 1. The Morgan fingerprint density at radius 2 is 2.11 bits per heavy atom. The van der Waals surface area contributed by atoms with Gasteiger partial charge in [0.15, 0.2) is 0 Å². The quantitative estimate of drug-likeness (QED) is 0.609. The van der Waals surface area contributed by atoms with Crippen molar-refractivity contribution in [1.82, 2.24) is 4.90 Å². The number of nitrogen functional groups attached to an aromatic ring is 1. The second-order valence-corrected chi connectivity index (χ2v) is 7.02. The zero-order valence-electron chi connectivity index (χ0n) is 11.5. The van der Waals surface area contributed by atoms with Gasteiger partial charge in [-0.2, -0.15) is 0 Å². The molecule has 2 aliphatic heterocycles. The number of halogens is 1. The second kappa shape index (κ2) is 5.48. The molecule has 19 heavy (non-hydrogen) atoms. The summed E-state index contributed by atoms with van der Waals surface area (Å²) in [4.78, 5) is 5.27. The van der Waals surface area contributed by atoms with Gasteiger partial charge in [-0.1, -0.05) is 6.42 Å². The highest BCUT2D eigenvalue weighted by Gasteiger charge is 2.33. The van der Waals surface area contributed by atoms with Crippen molar-refractivity contribution in [2.75, 3.05) is 30.3 Å². The Balaban J connectivity index is 1.83. The molecule has 1 aromatic rings. The van der Waals surface area contributed by atoms with E-state index in [-0.39, 0.29) is 0 Å². The Labute approximate surface area is 129 Å². The summed E-state index contributed by atoms with van der Waals surface area (Å²) >= 11 is 2.41. The number of benzene rings is 1. The highest BCUT2D eigenvalue weighted by Crippen LogP contribution is 2.31. The fourth-order valence-electron chi connectivity index (χ4n) is 3.44. The van der Waals surface area contributed by atoms with Crippen molar-refractivity contribution in [2.24, 2.45) is 0 Å². The van der Waals surface area contributed by atoms with E-state index in [2.05, 4.69) is 51.4 Å². The molecule has 2 N–H and O–H groups in total. The van der Waals surface area contributed by atoms with Crippen LogP contribution in [-0.4, -0.2) is 36.6 Å². The van der Waals surface area contributed by atoms with Crippen molar-refractivity contribution in [3.05, 3.63) is 21.8 Å². The van der Waals surface area contributed by atoms with Gasteiger partial charge in [-0.05, 0) is 67.1 Å². The first-order valence-electron chi connectivity index (χ1n) is 7.21. The molecule has 2 atom stereocenters. The van der Waals surface area contributed by atoms with E-state index in [0.717, 1.165) is 11.7 Å². The van der Waals surface area contributed by atoms with Gasteiger partial charge in [-0.25, -0.2) is 0 Å². The molecule has 2 heterocycles. The molecule has 2 fully saturated rings. The van der Waals surface area contributed by atoms with E-state index >= 15 is 0 Å². The van der Waals surface area contributed by atoms with Crippen molar-refractivity contribution in [1.29, 1.82) is 0 Å². The van der Waals surface area contributed by atoms with Crippen LogP contribution in [0.5, 0.6) is 0 Å². The van der Waals surface area contributed by atoms with Crippen LogP contribution < -0.4 is 10.6 Å². The first-order valence-corrected chi connectivity index (χ1v) is 8.29. The van der Waals surface area contributed by atoms with Gasteiger partial charge in [0.05, 0.1) is 5.69 Å². The monoisotopic (exact) mass is 371 g/mol. The zero-order valence-corrected chi connectivity index (χ0v) is 13.6. The first kappa shape index (κ1) is 13.5. The lowest BCUT2D eigenvalue weighted by Gasteiger charge is -2.48. The summed E-state index contributed by atoms with van der Waals surface area (Å²) in [7, 11) is 0. The first-order chi connectivity index (χ1) is 9.15. The fourth-order valence-corrected chi connectivity index (χ4v) is 4.29. The maximum Gasteiger partial charge on any atom is 0.0506 e. The van der Waals surface area contributed by atoms with E-state index in [9.17, 15) is 0 Å². The third-order valence-corrected chi connectivity index (χ3v) is 5.33. The molecule has 0 bridgehead atoms. The summed E-state index contributed by atoms with van der Waals surface area (Å²) in [5, 5.41) is 0. The smallest absolute Gasteiger partial charge is 0.0506 e. The third kappa shape index (κ3) is 2.70. The highest BCUT2D eigenvalue weighted by atomic mass is 127. The van der Waals surface area contributed by atoms with Crippen LogP contribution in [-0.2, 0) is 0 Å². The number of hydrogen-bond donors (Lipinski definition) is 1. The maximum absolute atomic E-state index is 5.87. The van der Waals surface area contributed by atoms with Crippen LogP contribution in [0.15, 0.2) is 18.2 Å². The van der Waals surface area contributed by atoms with Crippen molar-refractivity contribution in [3.8, 4) is 0 Å². The Hall–Kier alpha value is -0.490. The number of piperazine rings is 1. The average molecular weight is 371 g/mol. The van der Waals surface area contributed by atoms with E-state index in [1.54, 1.807) is 0 Å². The minimum atomic E-state index is 0.589. The molecule has 0 radical (unpaired) electrons. The predicted octanol–water partition coefficient (Wildman–Crippen LogP) is 2.94. The van der Waals surface area contributed by atoms with Crippen LogP contribution in [0.25, 0.3) is 0 Å². The van der Waals surface area contributed by atoms with Crippen LogP contribution in [0.2, 0.25) is 0 Å². The van der Waals surface area contributed by atoms with Gasteiger partial charge in [0.1, 0.15) is 0 Å². The van der Waals surface area contributed by atoms with Crippen molar-refractivity contribution in [3.63, 3.8) is 0 Å². The molecule has 1 aromatic carbocycles. The van der Waals surface area contributed by atoms with Gasteiger partial charge in [0.25, 0.3) is 0 Å². The molecule has 0 aromatic heterocycles. The summed E-state index contributed by atoms with van der Waals surface area (Å²) in [6.07, 6.45) is 4.12. The summed E-state index contributed by atoms with van der Waals surface area (Å²) in [5.41, 5.74) is 8.08.